The predicted molar refractivity (Wildman–Crippen MR) is 67.4 cm³/mol. The molecule has 3 aromatic rings. The quantitative estimate of drug-likeness (QED) is 0.613. The maximum atomic E-state index is 11.3. The number of nitrogens with zero attached hydrogens (tertiary/aromatic N) is 2. The molecule has 2 heterocycles. The third-order valence-electron chi connectivity index (χ3n) is 2.76. The van der Waals surface area contributed by atoms with Gasteiger partial charge in [-0.05, 0) is 17.7 Å². The number of fused-ring (bicyclic) bond motifs is 1. The van der Waals surface area contributed by atoms with Crippen LogP contribution >= 0.6 is 0 Å². The summed E-state index contributed by atoms with van der Waals surface area (Å²) in [6.45, 7) is 0. The normalized spacial score (nSPS) is 10.9. The van der Waals surface area contributed by atoms with Crippen LogP contribution in [0.5, 0.6) is 0 Å². The smallest absolute Gasteiger partial charge is 0.314 e. The van der Waals surface area contributed by atoms with Gasteiger partial charge in [-0.15, -0.1) is 0 Å². The zero-order chi connectivity index (χ0) is 12.7. The van der Waals surface area contributed by atoms with Gasteiger partial charge in [0, 0.05) is 18.8 Å². The molecular formula is C12H10N4O2. The zero-order valence-electron chi connectivity index (χ0n) is 9.60. The first-order chi connectivity index (χ1) is 8.63. The van der Waals surface area contributed by atoms with E-state index >= 15 is 0 Å². The van der Waals surface area contributed by atoms with Crippen molar-refractivity contribution in [1.29, 1.82) is 0 Å². The summed E-state index contributed by atoms with van der Waals surface area (Å²) in [6.07, 6.45) is 3.62. The summed E-state index contributed by atoms with van der Waals surface area (Å²) in [5.41, 5.74) is 1.79. The topological polar surface area (TPSA) is 83.5 Å². The van der Waals surface area contributed by atoms with Crippen LogP contribution < -0.4 is 11.1 Å². The molecule has 0 saturated heterocycles. The molecule has 6 heteroatoms. The molecule has 0 bridgehead atoms. The van der Waals surface area contributed by atoms with Crippen molar-refractivity contribution < 1.29 is 0 Å². The number of rotatable bonds is 1. The van der Waals surface area contributed by atoms with E-state index < -0.39 is 11.1 Å². The molecular weight excluding hydrogens is 232 g/mol. The molecule has 0 atom stereocenters. The van der Waals surface area contributed by atoms with E-state index in [-0.39, 0.29) is 0 Å². The Bertz CT molecular complexity index is 841. The van der Waals surface area contributed by atoms with Gasteiger partial charge in [0.05, 0.1) is 17.2 Å². The van der Waals surface area contributed by atoms with Crippen LogP contribution in [0.2, 0.25) is 0 Å². The molecule has 0 spiro atoms. The lowest BCUT2D eigenvalue weighted by Gasteiger charge is -2.00. The molecule has 2 N–H and O–H groups in total. The first-order valence-electron chi connectivity index (χ1n) is 5.39. The fraction of sp³-hybridized carbons (Fsp3) is 0.0833. The number of H-pyrrole nitrogens is 2. The van der Waals surface area contributed by atoms with E-state index in [2.05, 4.69) is 15.1 Å². The highest BCUT2D eigenvalue weighted by atomic mass is 16.2. The van der Waals surface area contributed by atoms with Gasteiger partial charge in [-0.1, -0.05) is 6.07 Å². The minimum atomic E-state index is -0.647. The average Bonchev–Trinajstić information content (AvgIpc) is 2.77. The number of hydrogen-bond acceptors (Lipinski definition) is 3. The van der Waals surface area contributed by atoms with Crippen molar-refractivity contribution in [1.82, 2.24) is 19.7 Å². The lowest BCUT2D eigenvalue weighted by atomic mass is 10.1. The highest BCUT2D eigenvalue weighted by molar-refractivity contribution is 5.80. The fourth-order valence-electron chi connectivity index (χ4n) is 1.86. The SMILES string of the molecule is Cn1cc(-c2ccc3[nH]c(=O)c(=O)[nH]c3c2)cn1. The first-order valence-corrected chi connectivity index (χ1v) is 5.39. The van der Waals surface area contributed by atoms with Gasteiger partial charge in [-0.25, -0.2) is 0 Å². The van der Waals surface area contributed by atoms with Gasteiger partial charge < -0.3 is 9.97 Å². The van der Waals surface area contributed by atoms with Crippen molar-refractivity contribution in [2.24, 2.45) is 7.05 Å². The number of aromatic amines is 2. The number of nitrogens with one attached hydrogen (secondary N) is 2. The average molecular weight is 242 g/mol. The molecule has 0 aliphatic rings. The van der Waals surface area contributed by atoms with Crippen LogP contribution in [0.25, 0.3) is 22.2 Å². The van der Waals surface area contributed by atoms with E-state index in [4.69, 9.17) is 0 Å². The fourth-order valence-corrected chi connectivity index (χ4v) is 1.86. The lowest BCUT2D eigenvalue weighted by Crippen LogP contribution is -2.28. The van der Waals surface area contributed by atoms with Crippen LogP contribution in [-0.2, 0) is 7.05 Å². The van der Waals surface area contributed by atoms with Crippen molar-refractivity contribution in [2.45, 2.75) is 0 Å². The van der Waals surface area contributed by atoms with Crippen molar-refractivity contribution >= 4 is 11.0 Å². The Labute approximate surface area is 101 Å². The molecule has 3 rings (SSSR count). The Kier molecular flexibility index (Phi) is 2.16. The summed E-state index contributed by atoms with van der Waals surface area (Å²) >= 11 is 0. The molecule has 18 heavy (non-hydrogen) atoms. The van der Waals surface area contributed by atoms with Crippen molar-refractivity contribution in [2.75, 3.05) is 0 Å². The molecule has 0 aliphatic heterocycles. The Balaban J connectivity index is 2.25. The van der Waals surface area contributed by atoms with Crippen LogP contribution in [-0.4, -0.2) is 19.7 Å². The molecule has 0 radical (unpaired) electrons. The molecule has 90 valence electrons. The monoisotopic (exact) mass is 242 g/mol. The van der Waals surface area contributed by atoms with E-state index in [9.17, 15) is 9.59 Å². The molecule has 0 amide bonds. The number of benzene rings is 1. The Morgan fingerprint density at radius 2 is 1.78 bits per heavy atom. The summed E-state index contributed by atoms with van der Waals surface area (Å²) in [5.74, 6) is 0. The second-order valence-electron chi connectivity index (χ2n) is 4.07. The van der Waals surface area contributed by atoms with Crippen molar-refractivity contribution in [3.8, 4) is 11.1 Å². The third-order valence-corrected chi connectivity index (χ3v) is 2.76. The summed E-state index contributed by atoms with van der Waals surface area (Å²) in [6, 6.07) is 5.44. The maximum absolute atomic E-state index is 11.3. The zero-order valence-corrected chi connectivity index (χ0v) is 9.60. The second kappa shape index (κ2) is 3.69. The van der Waals surface area contributed by atoms with Crippen LogP contribution in [0.3, 0.4) is 0 Å². The van der Waals surface area contributed by atoms with E-state index in [0.29, 0.717) is 11.0 Å². The molecule has 0 aliphatic carbocycles. The summed E-state index contributed by atoms with van der Waals surface area (Å²) < 4.78 is 1.70. The van der Waals surface area contributed by atoms with Gasteiger partial charge in [-0.2, -0.15) is 5.10 Å². The van der Waals surface area contributed by atoms with E-state index in [1.165, 1.54) is 0 Å². The summed E-state index contributed by atoms with van der Waals surface area (Å²) in [4.78, 5) is 27.5. The maximum Gasteiger partial charge on any atom is 0.314 e. The second-order valence-corrected chi connectivity index (χ2v) is 4.07. The molecule has 2 aromatic heterocycles. The largest absolute Gasteiger partial charge is 0.316 e. The van der Waals surface area contributed by atoms with E-state index in [0.717, 1.165) is 11.1 Å². The van der Waals surface area contributed by atoms with Crippen LogP contribution in [0, 0.1) is 0 Å². The standard InChI is InChI=1S/C12H10N4O2/c1-16-6-8(5-13-16)7-2-3-9-10(4-7)15-12(18)11(17)14-9/h2-6H,1H3,(H,14,17)(H,15,18). The number of aryl methyl sites for hydroxylation is 1. The Morgan fingerprint density at radius 3 is 2.44 bits per heavy atom. The van der Waals surface area contributed by atoms with Crippen LogP contribution in [0.15, 0.2) is 40.2 Å². The van der Waals surface area contributed by atoms with Crippen molar-refractivity contribution in [3.05, 3.63) is 51.3 Å². The highest BCUT2D eigenvalue weighted by Crippen LogP contribution is 2.20. The van der Waals surface area contributed by atoms with Crippen LogP contribution in [0.4, 0.5) is 0 Å². The summed E-state index contributed by atoms with van der Waals surface area (Å²) in [5, 5.41) is 4.09. The van der Waals surface area contributed by atoms with Gasteiger partial charge in [0.2, 0.25) is 0 Å². The Hall–Kier alpha value is -2.63. The van der Waals surface area contributed by atoms with E-state index in [1.807, 2.05) is 25.4 Å². The summed E-state index contributed by atoms with van der Waals surface area (Å²) in [7, 11) is 1.84. The molecule has 0 saturated carbocycles. The highest BCUT2D eigenvalue weighted by Gasteiger charge is 2.04. The van der Waals surface area contributed by atoms with Gasteiger partial charge >= 0.3 is 11.1 Å². The molecule has 1 aromatic carbocycles. The number of aromatic nitrogens is 4. The first kappa shape index (κ1) is 10.5. The Morgan fingerprint density at radius 1 is 1.06 bits per heavy atom. The van der Waals surface area contributed by atoms with Crippen molar-refractivity contribution in [3.63, 3.8) is 0 Å². The molecule has 6 nitrogen and oxygen atoms in total. The van der Waals surface area contributed by atoms with Gasteiger partial charge in [-0.3, -0.25) is 14.3 Å². The third kappa shape index (κ3) is 1.64. The van der Waals surface area contributed by atoms with Gasteiger partial charge in [0.25, 0.3) is 0 Å². The van der Waals surface area contributed by atoms with Crippen LogP contribution in [0.1, 0.15) is 0 Å². The molecule has 0 fully saturated rings. The van der Waals surface area contributed by atoms with Gasteiger partial charge in [0.15, 0.2) is 0 Å². The minimum Gasteiger partial charge on any atom is -0.316 e. The predicted octanol–water partition coefficient (Wildman–Crippen LogP) is 0.617. The molecule has 0 unspecified atom stereocenters. The lowest BCUT2D eigenvalue weighted by molar-refractivity contribution is 0.768. The van der Waals surface area contributed by atoms with Gasteiger partial charge in [0.1, 0.15) is 0 Å². The van der Waals surface area contributed by atoms with E-state index in [1.54, 1.807) is 16.9 Å². The minimum absolute atomic E-state index is 0.598. The number of hydrogen-bond donors (Lipinski definition) is 2.